The molecule has 0 N–H and O–H groups in total. The molecule has 0 spiro atoms. The van der Waals surface area contributed by atoms with Crippen molar-refractivity contribution in [2.24, 2.45) is 0 Å². The van der Waals surface area contributed by atoms with Crippen molar-refractivity contribution in [1.82, 2.24) is 29.4 Å². The lowest BCUT2D eigenvalue weighted by molar-refractivity contribution is 0.905. The molecule has 0 aliphatic heterocycles. The van der Waals surface area contributed by atoms with Crippen LogP contribution in [0.4, 0.5) is 0 Å². The van der Waals surface area contributed by atoms with Gasteiger partial charge in [0.1, 0.15) is 11.3 Å². The second-order valence-corrected chi connectivity index (χ2v) is 5.73. The lowest BCUT2D eigenvalue weighted by Gasteiger charge is -2.09. The Morgan fingerprint density at radius 1 is 1.13 bits per heavy atom. The van der Waals surface area contributed by atoms with Crippen LogP contribution in [-0.2, 0) is 0 Å². The van der Waals surface area contributed by atoms with E-state index in [1.165, 1.54) is 9.08 Å². The zero-order valence-corrected chi connectivity index (χ0v) is 13.2. The first-order chi connectivity index (χ1) is 11.0. The molecular formula is C14H8Cl2N6O. The summed E-state index contributed by atoms with van der Waals surface area (Å²) in [5.74, 6) is 0.891. The predicted molar refractivity (Wildman–Crippen MR) is 86.4 cm³/mol. The van der Waals surface area contributed by atoms with Crippen molar-refractivity contribution in [3.05, 3.63) is 56.7 Å². The zero-order chi connectivity index (χ0) is 16.1. The van der Waals surface area contributed by atoms with Crippen molar-refractivity contribution < 1.29 is 0 Å². The molecule has 4 rings (SSSR count). The van der Waals surface area contributed by atoms with E-state index in [0.29, 0.717) is 32.9 Å². The summed E-state index contributed by atoms with van der Waals surface area (Å²) in [6, 6.07) is 6.61. The van der Waals surface area contributed by atoms with E-state index >= 15 is 0 Å². The average molecular weight is 347 g/mol. The Balaban J connectivity index is 2.07. The third-order valence-corrected chi connectivity index (χ3v) is 3.93. The van der Waals surface area contributed by atoms with Crippen LogP contribution in [0, 0.1) is 6.92 Å². The molecule has 0 amide bonds. The summed E-state index contributed by atoms with van der Waals surface area (Å²) in [6.45, 7) is 1.74. The van der Waals surface area contributed by atoms with Crippen LogP contribution in [-0.4, -0.2) is 29.4 Å². The molecule has 0 saturated carbocycles. The molecule has 114 valence electrons. The normalized spacial score (nSPS) is 11.4. The van der Waals surface area contributed by atoms with Gasteiger partial charge in [0.25, 0.3) is 11.3 Å². The molecule has 0 unspecified atom stereocenters. The van der Waals surface area contributed by atoms with Crippen molar-refractivity contribution in [3.8, 4) is 5.69 Å². The topological polar surface area (TPSA) is 78.0 Å². The summed E-state index contributed by atoms with van der Waals surface area (Å²) in [7, 11) is 0. The number of aryl methyl sites for hydroxylation is 1. The van der Waals surface area contributed by atoms with Crippen LogP contribution in [0.1, 0.15) is 5.82 Å². The van der Waals surface area contributed by atoms with E-state index < -0.39 is 0 Å². The number of benzene rings is 1. The largest absolute Gasteiger partial charge is 0.285 e. The fourth-order valence-electron chi connectivity index (χ4n) is 2.37. The second kappa shape index (κ2) is 5.00. The number of rotatable bonds is 1. The molecule has 0 aliphatic rings. The lowest BCUT2D eigenvalue weighted by Crippen LogP contribution is -2.20. The van der Waals surface area contributed by atoms with Crippen LogP contribution >= 0.6 is 23.2 Å². The van der Waals surface area contributed by atoms with Gasteiger partial charge in [-0.05, 0) is 31.2 Å². The van der Waals surface area contributed by atoms with Crippen LogP contribution < -0.4 is 5.56 Å². The van der Waals surface area contributed by atoms with Gasteiger partial charge >= 0.3 is 0 Å². The van der Waals surface area contributed by atoms with Crippen molar-refractivity contribution in [1.29, 1.82) is 0 Å². The van der Waals surface area contributed by atoms with Gasteiger partial charge in [-0.1, -0.05) is 23.2 Å². The highest BCUT2D eigenvalue weighted by atomic mass is 35.5. The Morgan fingerprint density at radius 2 is 1.96 bits per heavy atom. The van der Waals surface area contributed by atoms with E-state index in [1.807, 2.05) is 0 Å². The predicted octanol–water partition coefficient (Wildman–Crippen LogP) is 2.44. The summed E-state index contributed by atoms with van der Waals surface area (Å²) >= 11 is 12.2. The van der Waals surface area contributed by atoms with Crippen LogP contribution in [0.5, 0.6) is 0 Å². The summed E-state index contributed by atoms with van der Waals surface area (Å²) in [5, 5.41) is 13.0. The second-order valence-electron chi connectivity index (χ2n) is 4.89. The first-order valence-electron chi connectivity index (χ1n) is 6.61. The zero-order valence-electron chi connectivity index (χ0n) is 11.7. The highest BCUT2D eigenvalue weighted by Gasteiger charge is 2.13. The van der Waals surface area contributed by atoms with Gasteiger partial charge in [0.2, 0.25) is 0 Å². The van der Waals surface area contributed by atoms with Gasteiger partial charge in [0, 0.05) is 11.2 Å². The smallest absolute Gasteiger partial charge is 0.281 e. The van der Waals surface area contributed by atoms with E-state index in [-0.39, 0.29) is 11.1 Å². The Labute approximate surface area is 139 Å². The van der Waals surface area contributed by atoms with Gasteiger partial charge in [-0.2, -0.15) is 9.50 Å². The molecule has 0 aliphatic carbocycles. The minimum Gasteiger partial charge on any atom is -0.281 e. The number of fused-ring (bicyclic) bond motifs is 3. The molecule has 3 heterocycles. The standard InChI is InChI=1S/C14H8Cl2N6O/c1-7-17-14-19-18-12-10(22(14)20-7)4-5-21(13(12)23)11-6-8(15)2-3-9(11)16/h2-6H,1H3. The number of halogens is 2. The first-order valence-corrected chi connectivity index (χ1v) is 7.37. The van der Waals surface area contributed by atoms with Crippen molar-refractivity contribution in [2.75, 3.05) is 0 Å². The molecule has 0 atom stereocenters. The summed E-state index contributed by atoms with van der Waals surface area (Å²) in [4.78, 5) is 16.9. The van der Waals surface area contributed by atoms with Crippen LogP contribution in [0.25, 0.3) is 22.5 Å². The Hall–Kier alpha value is -2.51. The molecule has 1 aromatic carbocycles. The third-order valence-electron chi connectivity index (χ3n) is 3.38. The number of hydrogen-bond donors (Lipinski definition) is 0. The maximum Gasteiger partial charge on any atom is 0.285 e. The van der Waals surface area contributed by atoms with Crippen LogP contribution in [0.15, 0.2) is 35.3 Å². The van der Waals surface area contributed by atoms with E-state index in [0.717, 1.165) is 0 Å². The summed E-state index contributed by atoms with van der Waals surface area (Å²) in [5.41, 5.74) is 0.799. The Morgan fingerprint density at radius 3 is 2.78 bits per heavy atom. The van der Waals surface area contributed by atoms with Crippen LogP contribution in [0.3, 0.4) is 0 Å². The van der Waals surface area contributed by atoms with Gasteiger partial charge in [-0.25, -0.2) is 0 Å². The van der Waals surface area contributed by atoms with Crippen molar-refractivity contribution in [3.63, 3.8) is 0 Å². The van der Waals surface area contributed by atoms with E-state index in [1.54, 1.807) is 37.4 Å². The number of aromatic nitrogens is 6. The number of pyridine rings is 1. The Kier molecular flexibility index (Phi) is 3.07. The SMILES string of the molecule is Cc1nc2nnc3c(=O)n(-c4cc(Cl)ccc4Cl)ccc3n2n1. The van der Waals surface area contributed by atoms with Crippen LogP contribution in [0.2, 0.25) is 10.0 Å². The average Bonchev–Trinajstić information content (AvgIpc) is 2.91. The summed E-state index contributed by atoms with van der Waals surface area (Å²) in [6.07, 6.45) is 1.60. The molecule has 0 bridgehead atoms. The van der Waals surface area contributed by atoms with Gasteiger partial charge in [0.05, 0.1) is 10.7 Å². The lowest BCUT2D eigenvalue weighted by atomic mass is 10.3. The molecule has 23 heavy (non-hydrogen) atoms. The fourth-order valence-corrected chi connectivity index (χ4v) is 2.74. The van der Waals surface area contributed by atoms with Gasteiger partial charge in [-0.15, -0.1) is 15.3 Å². The van der Waals surface area contributed by atoms with Crippen molar-refractivity contribution >= 4 is 40.0 Å². The number of hydrogen-bond acceptors (Lipinski definition) is 5. The maximum atomic E-state index is 12.7. The molecular weight excluding hydrogens is 339 g/mol. The highest BCUT2D eigenvalue weighted by molar-refractivity contribution is 6.34. The molecule has 9 heteroatoms. The molecule has 7 nitrogen and oxygen atoms in total. The molecule has 4 aromatic rings. The monoisotopic (exact) mass is 346 g/mol. The van der Waals surface area contributed by atoms with Gasteiger partial charge in [0.15, 0.2) is 5.52 Å². The minimum absolute atomic E-state index is 0.168. The van der Waals surface area contributed by atoms with Gasteiger partial charge < -0.3 is 0 Å². The molecule has 0 fully saturated rings. The third kappa shape index (κ3) is 2.16. The Bertz CT molecular complexity index is 1130. The minimum atomic E-state index is -0.366. The maximum absolute atomic E-state index is 12.7. The van der Waals surface area contributed by atoms with E-state index in [9.17, 15) is 4.79 Å². The van der Waals surface area contributed by atoms with E-state index in [4.69, 9.17) is 23.2 Å². The fraction of sp³-hybridized carbons (Fsp3) is 0.0714. The van der Waals surface area contributed by atoms with Crippen molar-refractivity contribution in [2.45, 2.75) is 6.92 Å². The first kappa shape index (κ1) is 14.1. The molecule has 0 radical (unpaired) electrons. The molecule has 0 saturated heterocycles. The highest BCUT2D eigenvalue weighted by Crippen LogP contribution is 2.23. The summed E-state index contributed by atoms with van der Waals surface area (Å²) < 4.78 is 2.86. The quantitative estimate of drug-likeness (QED) is 0.529. The van der Waals surface area contributed by atoms with Gasteiger partial charge in [-0.3, -0.25) is 9.36 Å². The number of nitrogens with zero attached hydrogens (tertiary/aromatic N) is 6. The van der Waals surface area contributed by atoms with E-state index in [2.05, 4.69) is 20.3 Å². The molecule has 3 aromatic heterocycles.